The van der Waals surface area contributed by atoms with Crippen molar-refractivity contribution in [1.29, 1.82) is 0 Å². The summed E-state index contributed by atoms with van der Waals surface area (Å²) in [6.07, 6.45) is 1.40. The lowest BCUT2D eigenvalue weighted by molar-refractivity contribution is 0.176. The van der Waals surface area contributed by atoms with Crippen molar-refractivity contribution < 1.29 is 9.84 Å². The number of anilines is 2. The molecule has 0 saturated heterocycles. The van der Waals surface area contributed by atoms with E-state index >= 15 is 0 Å². The summed E-state index contributed by atoms with van der Waals surface area (Å²) in [6.45, 7) is 6.36. The lowest BCUT2D eigenvalue weighted by Crippen LogP contribution is -2.20. The molecule has 0 bridgehead atoms. The fourth-order valence-corrected chi connectivity index (χ4v) is 1.52. The van der Waals surface area contributed by atoms with Crippen molar-refractivity contribution in [3.8, 4) is 5.88 Å². The first kappa shape index (κ1) is 14.6. The monoisotopic (exact) mass is 253 g/mol. The highest BCUT2D eigenvalue weighted by atomic mass is 16.5. The van der Waals surface area contributed by atoms with Crippen molar-refractivity contribution in [2.45, 2.75) is 45.8 Å². The van der Waals surface area contributed by atoms with E-state index in [1.54, 1.807) is 12.1 Å². The minimum Gasteiger partial charge on any atom is -0.473 e. The highest BCUT2D eigenvalue weighted by Crippen LogP contribution is 2.21. The molecular formula is C13H23N3O2. The number of nitrogens with two attached hydrogens (primary N) is 1. The van der Waals surface area contributed by atoms with E-state index in [4.69, 9.17) is 10.5 Å². The topological polar surface area (TPSA) is 80.4 Å². The van der Waals surface area contributed by atoms with Gasteiger partial charge in [-0.15, -0.1) is 0 Å². The van der Waals surface area contributed by atoms with Crippen LogP contribution in [0.3, 0.4) is 0 Å². The van der Waals surface area contributed by atoms with Crippen molar-refractivity contribution >= 4 is 11.5 Å². The molecule has 1 rings (SSSR count). The summed E-state index contributed by atoms with van der Waals surface area (Å²) in [4.78, 5) is 4.28. The average molecular weight is 253 g/mol. The lowest BCUT2D eigenvalue weighted by atomic mass is 10.2. The third-order valence-corrected chi connectivity index (χ3v) is 2.38. The van der Waals surface area contributed by atoms with Crippen molar-refractivity contribution in [2.75, 3.05) is 17.6 Å². The van der Waals surface area contributed by atoms with Gasteiger partial charge in [-0.2, -0.15) is 4.98 Å². The SMILES string of the molecule is CCCC(O)CNc1ccc(N)c(OC(C)C)n1. The van der Waals surface area contributed by atoms with Crippen molar-refractivity contribution in [1.82, 2.24) is 4.98 Å². The molecule has 5 nitrogen and oxygen atoms in total. The molecule has 1 atom stereocenters. The molecule has 0 radical (unpaired) electrons. The number of hydrogen-bond acceptors (Lipinski definition) is 5. The predicted molar refractivity (Wildman–Crippen MR) is 73.8 cm³/mol. The number of pyridine rings is 1. The Hall–Kier alpha value is -1.49. The smallest absolute Gasteiger partial charge is 0.239 e. The molecule has 0 fully saturated rings. The summed E-state index contributed by atoms with van der Waals surface area (Å²) in [7, 11) is 0. The number of aliphatic hydroxyl groups is 1. The van der Waals surface area contributed by atoms with Gasteiger partial charge in [0, 0.05) is 6.54 Å². The fourth-order valence-electron chi connectivity index (χ4n) is 1.52. The number of ether oxygens (including phenoxy) is 1. The molecule has 1 aromatic heterocycles. The lowest BCUT2D eigenvalue weighted by Gasteiger charge is -2.14. The minimum atomic E-state index is -0.358. The van der Waals surface area contributed by atoms with Gasteiger partial charge < -0.3 is 20.9 Å². The molecule has 102 valence electrons. The Labute approximate surface area is 108 Å². The van der Waals surface area contributed by atoms with Crippen LogP contribution >= 0.6 is 0 Å². The van der Waals surface area contributed by atoms with Crippen LogP contribution < -0.4 is 15.8 Å². The Morgan fingerprint density at radius 1 is 1.44 bits per heavy atom. The summed E-state index contributed by atoms with van der Waals surface area (Å²) < 4.78 is 5.50. The van der Waals surface area contributed by atoms with E-state index in [9.17, 15) is 5.11 Å². The maximum atomic E-state index is 9.63. The second-order valence-electron chi connectivity index (χ2n) is 4.58. The molecule has 0 spiro atoms. The number of nitrogens with one attached hydrogen (secondary N) is 1. The zero-order valence-electron chi connectivity index (χ0n) is 11.3. The Balaban J connectivity index is 2.61. The summed E-state index contributed by atoms with van der Waals surface area (Å²) >= 11 is 0. The second-order valence-corrected chi connectivity index (χ2v) is 4.58. The highest BCUT2D eigenvalue weighted by Gasteiger charge is 2.07. The van der Waals surface area contributed by atoms with Gasteiger partial charge in [-0.25, -0.2) is 0 Å². The Kier molecular flexibility index (Phi) is 5.71. The zero-order chi connectivity index (χ0) is 13.5. The van der Waals surface area contributed by atoms with E-state index in [0.717, 1.165) is 12.8 Å². The van der Waals surface area contributed by atoms with Gasteiger partial charge in [0.2, 0.25) is 5.88 Å². The highest BCUT2D eigenvalue weighted by molar-refractivity contribution is 5.53. The van der Waals surface area contributed by atoms with Crippen LogP contribution in [0, 0.1) is 0 Å². The molecule has 0 aliphatic rings. The Bertz CT molecular complexity index is 369. The van der Waals surface area contributed by atoms with Crippen LogP contribution in [-0.2, 0) is 0 Å². The van der Waals surface area contributed by atoms with Gasteiger partial charge in [0.05, 0.1) is 17.9 Å². The molecule has 0 saturated carbocycles. The molecule has 0 aliphatic heterocycles. The van der Waals surface area contributed by atoms with Crippen LogP contribution in [0.5, 0.6) is 5.88 Å². The molecule has 18 heavy (non-hydrogen) atoms. The van der Waals surface area contributed by atoms with Gasteiger partial charge in [-0.1, -0.05) is 13.3 Å². The molecule has 1 aromatic rings. The van der Waals surface area contributed by atoms with E-state index < -0.39 is 0 Å². The van der Waals surface area contributed by atoms with Crippen molar-refractivity contribution in [2.24, 2.45) is 0 Å². The molecule has 5 heteroatoms. The fraction of sp³-hybridized carbons (Fsp3) is 0.615. The first-order valence-electron chi connectivity index (χ1n) is 6.38. The van der Waals surface area contributed by atoms with Gasteiger partial charge >= 0.3 is 0 Å². The predicted octanol–water partition coefficient (Wildman–Crippen LogP) is 2.02. The number of nitrogen functional groups attached to an aromatic ring is 1. The van der Waals surface area contributed by atoms with Crippen molar-refractivity contribution in [3.63, 3.8) is 0 Å². The normalized spacial score (nSPS) is 12.5. The molecular weight excluding hydrogens is 230 g/mol. The van der Waals surface area contributed by atoms with Crippen LogP contribution in [0.1, 0.15) is 33.6 Å². The Morgan fingerprint density at radius 3 is 2.78 bits per heavy atom. The van der Waals surface area contributed by atoms with Gasteiger partial charge in [-0.05, 0) is 32.4 Å². The second kappa shape index (κ2) is 7.06. The summed E-state index contributed by atoms with van der Waals surface area (Å²) in [5.41, 5.74) is 6.29. The van der Waals surface area contributed by atoms with E-state index in [1.807, 2.05) is 20.8 Å². The number of rotatable bonds is 7. The molecule has 1 unspecified atom stereocenters. The molecule has 0 aromatic carbocycles. The third-order valence-electron chi connectivity index (χ3n) is 2.38. The van der Waals surface area contributed by atoms with E-state index in [-0.39, 0.29) is 12.2 Å². The van der Waals surface area contributed by atoms with Crippen LogP contribution in [0.4, 0.5) is 11.5 Å². The van der Waals surface area contributed by atoms with E-state index in [1.165, 1.54) is 0 Å². The summed E-state index contributed by atoms with van der Waals surface area (Å²) in [5.74, 6) is 1.09. The van der Waals surface area contributed by atoms with Crippen LogP contribution in [0.2, 0.25) is 0 Å². The largest absolute Gasteiger partial charge is 0.473 e. The van der Waals surface area contributed by atoms with Crippen molar-refractivity contribution in [3.05, 3.63) is 12.1 Å². The van der Waals surface area contributed by atoms with Gasteiger partial charge in [0.1, 0.15) is 5.82 Å². The quantitative estimate of drug-likeness (QED) is 0.692. The minimum absolute atomic E-state index is 0.0285. The molecule has 4 N–H and O–H groups in total. The summed E-state index contributed by atoms with van der Waals surface area (Å²) in [5, 5.41) is 12.7. The van der Waals surface area contributed by atoms with Crippen LogP contribution in [0.15, 0.2) is 12.1 Å². The van der Waals surface area contributed by atoms with Gasteiger partial charge in [0.25, 0.3) is 0 Å². The third kappa shape index (κ3) is 4.79. The molecule has 0 aliphatic carbocycles. The van der Waals surface area contributed by atoms with Gasteiger partial charge in [-0.3, -0.25) is 0 Å². The Morgan fingerprint density at radius 2 is 2.17 bits per heavy atom. The number of hydrogen-bond donors (Lipinski definition) is 3. The number of aromatic nitrogens is 1. The molecule has 1 heterocycles. The maximum absolute atomic E-state index is 9.63. The van der Waals surface area contributed by atoms with E-state index in [0.29, 0.717) is 23.9 Å². The van der Waals surface area contributed by atoms with Gasteiger partial charge in [0.15, 0.2) is 0 Å². The first-order chi connectivity index (χ1) is 8.52. The summed E-state index contributed by atoms with van der Waals surface area (Å²) in [6, 6.07) is 3.53. The first-order valence-corrected chi connectivity index (χ1v) is 6.38. The standard InChI is InChI=1S/C13H23N3O2/c1-4-5-10(17)8-15-12-7-6-11(14)13(16-12)18-9(2)3/h6-7,9-10,17H,4-5,8,14H2,1-3H3,(H,15,16). The van der Waals surface area contributed by atoms with E-state index in [2.05, 4.69) is 10.3 Å². The number of nitrogens with zero attached hydrogens (tertiary/aromatic N) is 1. The zero-order valence-corrected chi connectivity index (χ0v) is 11.3. The van der Waals surface area contributed by atoms with Crippen LogP contribution in [0.25, 0.3) is 0 Å². The molecule has 0 amide bonds. The number of aliphatic hydroxyl groups excluding tert-OH is 1. The maximum Gasteiger partial charge on any atom is 0.239 e. The van der Waals surface area contributed by atoms with Crippen LogP contribution in [-0.4, -0.2) is 28.8 Å². The average Bonchev–Trinajstić information content (AvgIpc) is 2.30.